The van der Waals surface area contributed by atoms with Crippen LogP contribution in [0.15, 0.2) is 35.2 Å². The molecule has 2 heterocycles. The zero-order chi connectivity index (χ0) is 20.5. The number of aromatic nitrogens is 2. The number of carbonyl (C=O) groups is 1. The van der Waals surface area contributed by atoms with Gasteiger partial charge in [-0.3, -0.25) is 4.79 Å². The third-order valence-electron chi connectivity index (χ3n) is 5.05. The molecule has 8 heteroatoms. The number of nitrogens with zero attached hydrogens (tertiary/aromatic N) is 3. The van der Waals surface area contributed by atoms with Crippen LogP contribution in [-0.2, 0) is 10.0 Å². The van der Waals surface area contributed by atoms with Gasteiger partial charge in [0.25, 0.3) is 5.91 Å². The van der Waals surface area contributed by atoms with Crippen molar-refractivity contribution in [2.45, 2.75) is 63.9 Å². The molecule has 28 heavy (non-hydrogen) atoms. The highest BCUT2D eigenvalue weighted by Crippen LogP contribution is 2.25. The number of anilines is 1. The summed E-state index contributed by atoms with van der Waals surface area (Å²) < 4.78 is 29.1. The van der Waals surface area contributed by atoms with E-state index in [1.54, 1.807) is 21.1 Å². The third-order valence-corrected chi connectivity index (χ3v) is 7.08. The number of hydrogen-bond donors (Lipinski definition) is 1. The number of benzene rings is 1. The van der Waals surface area contributed by atoms with E-state index in [2.05, 4.69) is 10.4 Å². The Morgan fingerprint density at radius 1 is 1.21 bits per heavy atom. The van der Waals surface area contributed by atoms with Gasteiger partial charge in [0, 0.05) is 30.3 Å². The van der Waals surface area contributed by atoms with Gasteiger partial charge in [-0.05, 0) is 64.8 Å². The van der Waals surface area contributed by atoms with Crippen molar-refractivity contribution in [3.63, 3.8) is 0 Å². The van der Waals surface area contributed by atoms with Crippen molar-refractivity contribution >= 4 is 21.7 Å². The zero-order valence-electron chi connectivity index (χ0n) is 16.8. The predicted molar refractivity (Wildman–Crippen MR) is 109 cm³/mol. The van der Waals surface area contributed by atoms with E-state index in [0.29, 0.717) is 17.9 Å². The van der Waals surface area contributed by atoms with E-state index in [1.165, 1.54) is 12.1 Å². The third kappa shape index (κ3) is 4.12. The van der Waals surface area contributed by atoms with E-state index >= 15 is 0 Å². The van der Waals surface area contributed by atoms with Crippen LogP contribution in [0, 0.1) is 6.92 Å². The van der Waals surface area contributed by atoms with Crippen molar-refractivity contribution in [2.24, 2.45) is 0 Å². The first-order chi connectivity index (χ1) is 13.2. The van der Waals surface area contributed by atoms with Crippen LogP contribution in [-0.4, -0.2) is 41.0 Å². The molecule has 1 aromatic heterocycles. The Labute approximate surface area is 166 Å². The maximum Gasteiger partial charge on any atom is 0.256 e. The van der Waals surface area contributed by atoms with E-state index in [4.69, 9.17) is 0 Å². The van der Waals surface area contributed by atoms with Crippen LogP contribution in [0.4, 0.5) is 5.82 Å². The Morgan fingerprint density at radius 3 is 2.50 bits per heavy atom. The molecule has 152 valence electrons. The molecule has 0 aliphatic carbocycles. The van der Waals surface area contributed by atoms with Gasteiger partial charge in [-0.15, -0.1) is 0 Å². The number of hydrogen-bond acceptors (Lipinski definition) is 4. The summed E-state index contributed by atoms with van der Waals surface area (Å²) in [4.78, 5) is 12.8. The molecule has 1 N–H and O–H groups in total. The zero-order valence-corrected chi connectivity index (χ0v) is 17.7. The van der Waals surface area contributed by atoms with Gasteiger partial charge in [0.05, 0.1) is 10.6 Å². The highest BCUT2D eigenvalue weighted by atomic mass is 32.2. The summed E-state index contributed by atoms with van der Waals surface area (Å²) in [6, 6.07) is 8.06. The quantitative estimate of drug-likeness (QED) is 0.825. The van der Waals surface area contributed by atoms with Crippen molar-refractivity contribution in [1.82, 2.24) is 14.1 Å². The number of amides is 1. The fourth-order valence-corrected chi connectivity index (χ4v) is 5.23. The van der Waals surface area contributed by atoms with Crippen molar-refractivity contribution < 1.29 is 13.2 Å². The summed E-state index contributed by atoms with van der Waals surface area (Å²) in [5.41, 5.74) is 1.22. The minimum Gasteiger partial charge on any atom is -0.307 e. The Hall–Kier alpha value is -2.19. The minimum absolute atomic E-state index is 0.00119. The van der Waals surface area contributed by atoms with Gasteiger partial charge in [-0.2, -0.15) is 9.40 Å². The van der Waals surface area contributed by atoms with Crippen molar-refractivity contribution in [3.8, 4) is 0 Å². The maximum atomic E-state index is 12.9. The molecule has 2 aromatic rings. The minimum atomic E-state index is -3.54. The van der Waals surface area contributed by atoms with E-state index in [9.17, 15) is 13.2 Å². The van der Waals surface area contributed by atoms with Gasteiger partial charge in [-0.25, -0.2) is 13.1 Å². The molecule has 1 aliphatic heterocycles. The Kier molecular flexibility index (Phi) is 5.90. The van der Waals surface area contributed by atoms with Gasteiger partial charge >= 0.3 is 0 Å². The number of piperidine rings is 1. The molecule has 7 nitrogen and oxygen atoms in total. The predicted octanol–water partition coefficient (Wildman–Crippen LogP) is 3.59. The summed E-state index contributed by atoms with van der Waals surface area (Å²) in [7, 11) is -3.54. The fraction of sp³-hybridized carbons (Fsp3) is 0.500. The second-order valence-corrected chi connectivity index (χ2v) is 9.54. The van der Waals surface area contributed by atoms with Crippen LogP contribution < -0.4 is 5.32 Å². The molecule has 3 rings (SSSR count). The fourth-order valence-electron chi connectivity index (χ4n) is 3.53. The van der Waals surface area contributed by atoms with Gasteiger partial charge in [0.2, 0.25) is 10.0 Å². The maximum absolute atomic E-state index is 12.9. The molecule has 0 saturated carbocycles. The topological polar surface area (TPSA) is 84.3 Å². The SMILES string of the molecule is Cc1cc(NC(=O)c2ccc(S(=O)(=O)N3CCCCC3C)cc2)n(C(C)C)n1. The molecule has 0 spiro atoms. The van der Waals surface area contributed by atoms with E-state index in [0.717, 1.165) is 25.0 Å². The average molecular weight is 405 g/mol. The lowest BCUT2D eigenvalue weighted by Gasteiger charge is -2.32. The van der Waals surface area contributed by atoms with Gasteiger partial charge in [0.15, 0.2) is 0 Å². The molecule has 1 saturated heterocycles. The standard InChI is InChI=1S/C20H28N4O3S/c1-14(2)24-19(13-15(3)22-24)21-20(25)17-8-10-18(11-9-17)28(26,27)23-12-6-5-7-16(23)4/h8-11,13-14,16H,5-7,12H2,1-4H3,(H,21,25). The lowest BCUT2D eigenvalue weighted by Crippen LogP contribution is -2.41. The van der Waals surface area contributed by atoms with E-state index in [1.807, 2.05) is 33.8 Å². The normalized spacial score (nSPS) is 18.4. The molecule has 1 fully saturated rings. The lowest BCUT2D eigenvalue weighted by atomic mass is 10.1. The van der Waals surface area contributed by atoms with Crippen LogP contribution >= 0.6 is 0 Å². The monoisotopic (exact) mass is 404 g/mol. The summed E-state index contributed by atoms with van der Waals surface area (Å²) in [5, 5.41) is 7.24. The van der Waals surface area contributed by atoms with Gasteiger partial charge in [0.1, 0.15) is 5.82 Å². The van der Waals surface area contributed by atoms with Crippen molar-refractivity contribution in [2.75, 3.05) is 11.9 Å². The Balaban J connectivity index is 1.78. The number of sulfonamides is 1. The molecule has 1 amide bonds. The second-order valence-electron chi connectivity index (χ2n) is 7.65. The molecule has 1 aliphatic rings. The van der Waals surface area contributed by atoms with Crippen molar-refractivity contribution in [1.29, 1.82) is 0 Å². The smallest absolute Gasteiger partial charge is 0.256 e. The average Bonchev–Trinajstić information content (AvgIpc) is 3.02. The van der Waals surface area contributed by atoms with Crippen molar-refractivity contribution in [3.05, 3.63) is 41.6 Å². The van der Waals surface area contributed by atoms with Crippen LogP contribution in [0.2, 0.25) is 0 Å². The van der Waals surface area contributed by atoms with Gasteiger partial charge in [-0.1, -0.05) is 6.42 Å². The Morgan fingerprint density at radius 2 is 1.89 bits per heavy atom. The molecular formula is C20H28N4O3S. The summed E-state index contributed by atoms with van der Waals surface area (Å²) in [5.74, 6) is 0.327. The second kappa shape index (κ2) is 8.05. The molecule has 1 unspecified atom stereocenters. The highest BCUT2D eigenvalue weighted by molar-refractivity contribution is 7.89. The van der Waals surface area contributed by atoms with Gasteiger partial charge < -0.3 is 5.32 Å². The molecule has 1 atom stereocenters. The number of aryl methyl sites for hydroxylation is 1. The first kappa shape index (κ1) is 20.5. The molecule has 0 bridgehead atoms. The summed E-state index contributed by atoms with van der Waals surface area (Å²) in [6.07, 6.45) is 2.81. The lowest BCUT2D eigenvalue weighted by molar-refractivity contribution is 0.102. The van der Waals surface area contributed by atoms with E-state index < -0.39 is 10.0 Å². The number of rotatable bonds is 5. The first-order valence-electron chi connectivity index (χ1n) is 9.69. The number of nitrogens with one attached hydrogen (secondary N) is 1. The summed E-state index contributed by atoms with van der Waals surface area (Å²) in [6.45, 7) is 8.34. The van der Waals surface area contributed by atoms with Crippen LogP contribution in [0.3, 0.4) is 0 Å². The largest absolute Gasteiger partial charge is 0.307 e. The molecule has 1 aromatic carbocycles. The van der Waals surface area contributed by atoms with Crippen LogP contribution in [0.5, 0.6) is 0 Å². The highest BCUT2D eigenvalue weighted by Gasteiger charge is 2.30. The molecular weight excluding hydrogens is 376 g/mol. The number of carbonyl (C=O) groups excluding carboxylic acids is 1. The summed E-state index contributed by atoms with van der Waals surface area (Å²) >= 11 is 0. The molecule has 0 radical (unpaired) electrons. The van der Waals surface area contributed by atoms with E-state index in [-0.39, 0.29) is 22.9 Å². The van der Waals surface area contributed by atoms with Crippen LogP contribution in [0.1, 0.15) is 62.1 Å². The van der Waals surface area contributed by atoms with Crippen LogP contribution in [0.25, 0.3) is 0 Å². The first-order valence-corrected chi connectivity index (χ1v) is 11.1. The Bertz CT molecular complexity index is 948.